The van der Waals surface area contributed by atoms with Gasteiger partial charge in [0.15, 0.2) is 5.82 Å². The molecule has 0 amide bonds. The van der Waals surface area contributed by atoms with E-state index in [4.69, 9.17) is 10.5 Å². The molecule has 1 aliphatic rings. The van der Waals surface area contributed by atoms with E-state index in [1.807, 2.05) is 6.92 Å². The molecule has 18 heavy (non-hydrogen) atoms. The number of nitrogens with two attached hydrogens (primary N) is 1. The number of anilines is 2. The number of nitrogens with zero attached hydrogens (tertiary/aromatic N) is 2. The number of hydrogen-bond donors (Lipinski definition) is 2. The van der Waals surface area contributed by atoms with E-state index in [0.717, 1.165) is 12.5 Å². The van der Waals surface area contributed by atoms with Crippen LogP contribution in [0.5, 0.6) is 5.88 Å². The Bertz CT molecular complexity index is 377. The van der Waals surface area contributed by atoms with Crippen molar-refractivity contribution in [2.75, 3.05) is 24.2 Å². The highest BCUT2D eigenvalue weighted by Crippen LogP contribution is 2.28. The van der Waals surface area contributed by atoms with E-state index in [0.29, 0.717) is 24.0 Å². The molecule has 1 saturated carbocycles. The summed E-state index contributed by atoms with van der Waals surface area (Å²) in [5.74, 6) is 2.02. The Labute approximate surface area is 108 Å². The standard InChI is InChI=1S/C13H22N4O/c1-2-18-13-11(14)12(16-9-17-13)15-8-7-10-5-3-4-6-10/h9-10H,2-8,14H2,1H3,(H,15,16,17). The Kier molecular flexibility index (Phi) is 4.61. The Morgan fingerprint density at radius 1 is 1.39 bits per heavy atom. The lowest BCUT2D eigenvalue weighted by Gasteiger charge is -2.13. The van der Waals surface area contributed by atoms with Crippen molar-refractivity contribution in [1.29, 1.82) is 0 Å². The van der Waals surface area contributed by atoms with E-state index in [1.165, 1.54) is 38.4 Å². The second-order valence-electron chi connectivity index (χ2n) is 4.74. The molecular weight excluding hydrogens is 228 g/mol. The molecule has 100 valence electrons. The summed E-state index contributed by atoms with van der Waals surface area (Å²) in [7, 11) is 0. The van der Waals surface area contributed by atoms with Gasteiger partial charge in [0, 0.05) is 6.54 Å². The predicted molar refractivity (Wildman–Crippen MR) is 72.7 cm³/mol. The summed E-state index contributed by atoms with van der Waals surface area (Å²) in [6.07, 6.45) is 8.17. The smallest absolute Gasteiger partial charge is 0.242 e. The largest absolute Gasteiger partial charge is 0.476 e. The van der Waals surface area contributed by atoms with E-state index in [1.54, 1.807) is 0 Å². The molecule has 0 radical (unpaired) electrons. The van der Waals surface area contributed by atoms with Gasteiger partial charge in [0.05, 0.1) is 6.61 Å². The van der Waals surface area contributed by atoms with Gasteiger partial charge in [-0.15, -0.1) is 0 Å². The van der Waals surface area contributed by atoms with Crippen LogP contribution in [-0.4, -0.2) is 23.1 Å². The van der Waals surface area contributed by atoms with E-state index in [-0.39, 0.29) is 0 Å². The molecule has 0 aromatic carbocycles. The molecular formula is C13H22N4O. The highest BCUT2D eigenvalue weighted by Gasteiger charge is 2.15. The number of rotatable bonds is 6. The fraction of sp³-hybridized carbons (Fsp3) is 0.692. The predicted octanol–water partition coefficient (Wildman–Crippen LogP) is 2.45. The maximum atomic E-state index is 5.95. The maximum absolute atomic E-state index is 5.95. The molecule has 0 unspecified atom stereocenters. The summed E-state index contributed by atoms with van der Waals surface area (Å²) in [6, 6.07) is 0. The zero-order valence-corrected chi connectivity index (χ0v) is 11.0. The monoisotopic (exact) mass is 250 g/mol. The van der Waals surface area contributed by atoms with Crippen LogP contribution in [0.25, 0.3) is 0 Å². The molecule has 1 heterocycles. The number of nitrogens with one attached hydrogen (secondary N) is 1. The van der Waals surface area contributed by atoms with Crippen molar-refractivity contribution in [3.8, 4) is 5.88 Å². The number of hydrogen-bond acceptors (Lipinski definition) is 5. The molecule has 1 aromatic heterocycles. The van der Waals surface area contributed by atoms with Gasteiger partial charge in [-0.3, -0.25) is 0 Å². The van der Waals surface area contributed by atoms with Gasteiger partial charge in [0.1, 0.15) is 12.0 Å². The lowest BCUT2D eigenvalue weighted by Crippen LogP contribution is -2.11. The highest BCUT2D eigenvalue weighted by molar-refractivity contribution is 5.66. The molecule has 5 heteroatoms. The average Bonchev–Trinajstić information content (AvgIpc) is 2.87. The third-order valence-electron chi connectivity index (χ3n) is 3.45. The molecule has 2 rings (SSSR count). The second-order valence-corrected chi connectivity index (χ2v) is 4.74. The molecule has 0 saturated heterocycles. The number of aromatic nitrogens is 2. The fourth-order valence-electron chi connectivity index (χ4n) is 2.47. The van der Waals surface area contributed by atoms with Crippen LogP contribution in [0.15, 0.2) is 6.33 Å². The minimum atomic E-state index is 0.468. The quantitative estimate of drug-likeness (QED) is 0.811. The van der Waals surface area contributed by atoms with E-state index in [9.17, 15) is 0 Å². The van der Waals surface area contributed by atoms with E-state index in [2.05, 4.69) is 15.3 Å². The molecule has 3 N–H and O–H groups in total. The minimum Gasteiger partial charge on any atom is -0.476 e. The molecule has 1 aliphatic carbocycles. The first-order valence-electron chi connectivity index (χ1n) is 6.78. The topological polar surface area (TPSA) is 73.1 Å². The van der Waals surface area contributed by atoms with Crippen molar-refractivity contribution in [2.45, 2.75) is 39.0 Å². The van der Waals surface area contributed by atoms with Crippen molar-refractivity contribution in [3.63, 3.8) is 0 Å². The highest BCUT2D eigenvalue weighted by atomic mass is 16.5. The third-order valence-corrected chi connectivity index (χ3v) is 3.45. The number of nitrogen functional groups attached to an aromatic ring is 1. The lowest BCUT2D eigenvalue weighted by molar-refractivity contribution is 0.328. The van der Waals surface area contributed by atoms with Crippen LogP contribution in [0.3, 0.4) is 0 Å². The summed E-state index contributed by atoms with van der Waals surface area (Å²) in [6.45, 7) is 3.38. The van der Waals surface area contributed by atoms with Gasteiger partial charge >= 0.3 is 0 Å². The lowest BCUT2D eigenvalue weighted by atomic mass is 10.0. The van der Waals surface area contributed by atoms with Gasteiger partial charge in [-0.25, -0.2) is 4.98 Å². The molecule has 0 aliphatic heterocycles. The molecule has 1 aromatic rings. The first-order valence-corrected chi connectivity index (χ1v) is 6.78. The van der Waals surface area contributed by atoms with Crippen LogP contribution in [0.1, 0.15) is 39.0 Å². The Morgan fingerprint density at radius 3 is 2.89 bits per heavy atom. The molecule has 0 bridgehead atoms. The van der Waals surface area contributed by atoms with Gasteiger partial charge in [-0.1, -0.05) is 25.7 Å². The second kappa shape index (κ2) is 6.42. The first kappa shape index (κ1) is 12.9. The van der Waals surface area contributed by atoms with E-state index < -0.39 is 0 Å². The van der Waals surface area contributed by atoms with E-state index >= 15 is 0 Å². The summed E-state index contributed by atoms with van der Waals surface area (Å²) in [4.78, 5) is 8.17. The molecule has 0 spiro atoms. The van der Waals surface area contributed by atoms with Gasteiger partial charge in [-0.2, -0.15) is 4.98 Å². The van der Waals surface area contributed by atoms with Crippen LogP contribution in [0.4, 0.5) is 11.5 Å². The molecule has 1 fully saturated rings. The van der Waals surface area contributed by atoms with Gasteiger partial charge in [0.2, 0.25) is 5.88 Å². The minimum absolute atomic E-state index is 0.468. The summed E-state index contributed by atoms with van der Waals surface area (Å²) < 4.78 is 5.34. The van der Waals surface area contributed by atoms with Crippen molar-refractivity contribution < 1.29 is 4.74 Å². The van der Waals surface area contributed by atoms with Crippen LogP contribution in [0, 0.1) is 5.92 Å². The number of ether oxygens (including phenoxy) is 1. The Morgan fingerprint density at radius 2 is 2.17 bits per heavy atom. The summed E-state index contributed by atoms with van der Waals surface area (Å²) >= 11 is 0. The van der Waals surface area contributed by atoms with Crippen molar-refractivity contribution >= 4 is 11.5 Å². The maximum Gasteiger partial charge on any atom is 0.242 e. The Hall–Kier alpha value is -1.52. The van der Waals surface area contributed by atoms with Crippen molar-refractivity contribution in [2.24, 2.45) is 5.92 Å². The first-order chi connectivity index (χ1) is 8.81. The summed E-state index contributed by atoms with van der Waals surface area (Å²) in [5.41, 5.74) is 6.46. The summed E-state index contributed by atoms with van der Waals surface area (Å²) in [5, 5.41) is 3.28. The van der Waals surface area contributed by atoms with Crippen LogP contribution in [0.2, 0.25) is 0 Å². The SMILES string of the molecule is CCOc1ncnc(NCCC2CCCC2)c1N. The Balaban J connectivity index is 1.86. The third kappa shape index (κ3) is 3.24. The zero-order chi connectivity index (χ0) is 12.8. The van der Waals surface area contributed by atoms with Gasteiger partial charge in [-0.05, 0) is 19.3 Å². The van der Waals surface area contributed by atoms with Crippen molar-refractivity contribution in [3.05, 3.63) is 6.33 Å². The molecule has 0 atom stereocenters. The fourth-order valence-corrected chi connectivity index (χ4v) is 2.47. The van der Waals surface area contributed by atoms with Gasteiger partial charge < -0.3 is 15.8 Å². The zero-order valence-electron chi connectivity index (χ0n) is 11.0. The van der Waals surface area contributed by atoms with Crippen molar-refractivity contribution in [1.82, 2.24) is 9.97 Å². The van der Waals surface area contributed by atoms with Crippen LogP contribution < -0.4 is 15.8 Å². The molecule has 5 nitrogen and oxygen atoms in total. The average molecular weight is 250 g/mol. The van der Waals surface area contributed by atoms with Crippen LogP contribution >= 0.6 is 0 Å². The normalized spacial score (nSPS) is 15.8. The van der Waals surface area contributed by atoms with Crippen LogP contribution in [-0.2, 0) is 0 Å². The van der Waals surface area contributed by atoms with Gasteiger partial charge in [0.25, 0.3) is 0 Å².